The molecule has 1 spiro atoms. The lowest BCUT2D eigenvalue weighted by atomic mass is 10.0. The molecule has 1 saturated carbocycles. The number of β-amino-alcohol motifs (C(OH)–C–C–N with tert-alkyl or cyclic N) is 1. The Kier molecular flexibility index (Phi) is 4.21. The van der Waals surface area contributed by atoms with E-state index in [2.05, 4.69) is 5.32 Å². The van der Waals surface area contributed by atoms with Crippen molar-refractivity contribution in [3.63, 3.8) is 0 Å². The van der Waals surface area contributed by atoms with Crippen molar-refractivity contribution in [2.24, 2.45) is 5.41 Å². The highest BCUT2D eigenvalue weighted by Gasteiger charge is 2.55. The number of rotatable bonds is 4. The van der Waals surface area contributed by atoms with Gasteiger partial charge in [0.15, 0.2) is 11.6 Å². The topological polar surface area (TPSA) is 82.1 Å². The van der Waals surface area contributed by atoms with E-state index in [1.54, 1.807) is 0 Å². The molecule has 4 rings (SSSR count). The number of carbonyl (C=O) groups excluding carboxylic acids is 2. The first-order valence-electron chi connectivity index (χ1n) is 8.94. The van der Waals surface area contributed by atoms with Crippen molar-refractivity contribution < 1.29 is 28.2 Å². The Morgan fingerprint density at radius 3 is 2.56 bits per heavy atom. The quantitative estimate of drug-likeness (QED) is 0.824. The number of hydrogen-bond donors (Lipinski definition) is 2. The van der Waals surface area contributed by atoms with Crippen molar-refractivity contribution >= 4 is 23.4 Å². The van der Waals surface area contributed by atoms with Crippen LogP contribution in [0.25, 0.3) is 0 Å². The molecule has 2 N–H and O–H groups in total. The van der Waals surface area contributed by atoms with Gasteiger partial charge in [-0.2, -0.15) is 0 Å². The molecule has 2 aliphatic heterocycles. The third kappa shape index (κ3) is 3.20. The van der Waals surface area contributed by atoms with Gasteiger partial charge in [0.1, 0.15) is 11.8 Å². The maximum atomic E-state index is 14.7. The molecule has 1 aliphatic carbocycles. The highest BCUT2D eigenvalue weighted by molar-refractivity contribution is 5.90. The lowest BCUT2D eigenvalue weighted by Gasteiger charge is -2.22. The van der Waals surface area contributed by atoms with E-state index in [1.165, 1.54) is 11.8 Å². The number of cyclic esters (lactones) is 1. The second-order valence-electron chi connectivity index (χ2n) is 7.57. The van der Waals surface area contributed by atoms with E-state index in [-0.39, 0.29) is 42.3 Å². The summed E-state index contributed by atoms with van der Waals surface area (Å²) in [5.74, 6) is -1.83. The monoisotopic (exact) mass is 381 g/mol. The average molecular weight is 381 g/mol. The molecule has 3 fully saturated rings. The summed E-state index contributed by atoms with van der Waals surface area (Å²) in [7, 11) is 0. The van der Waals surface area contributed by atoms with Crippen molar-refractivity contribution in [1.29, 1.82) is 0 Å². The summed E-state index contributed by atoms with van der Waals surface area (Å²) < 4.78 is 34.5. The molecule has 7 nitrogen and oxygen atoms in total. The number of carbonyl (C=O) groups is 2. The second-order valence-corrected chi connectivity index (χ2v) is 7.57. The Labute approximate surface area is 154 Å². The fourth-order valence-electron chi connectivity index (χ4n) is 3.88. The van der Waals surface area contributed by atoms with Crippen LogP contribution in [0.3, 0.4) is 0 Å². The summed E-state index contributed by atoms with van der Waals surface area (Å²) in [6.45, 7) is 2.18. The molecule has 0 radical (unpaired) electrons. The fraction of sp³-hybridized carbons (Fsp3) is 0.556. The fourth-order valence-corrected chi connectivity index (χ4v) is 3.88. The molecule has 146 valence electrons. The van der Waals surface area contributed by atoms with Crippen LogP contribution in [0, 0.1) is 17.0 Å². The molecule has 1 aromatic rings. The molecule has 2 atom stereocenters. The van der Waals surface area contributed by atoms with Crippen LogP contribution in [0.5, 0.6) is 0 Å². The molecule has 2 amide bonds. The molecule has 2 unspecified atom stereocenters. The Hall–Kier alpha value is -2.42. The van der Waals surface area contributed by atoms with Crippen molar-refractivity contribution in [2.45, 2.75) is 32.0 Å². The minimum atomic E-state index is -0.784. The van der Waals surface area contributed by atoms with E-state index in [4.69, 9.17) is 4.74 Å². The Morgan fingerprint density at radius 2 is 2.00 bits per heavy atom. The molecule has 2 heterocycles. The van der Waals surface area contributed by atoms with Gasteiger partial charge >= 0.3 is 6.09 Å². The summed E-state index contributed by atoms with van der Waals surface area (Å²) in [5, 5.41) is 12.7. The summed E-state index contributed by atoms with van der Waals surface area (Å²) in [6.07, 6.45) is -0.164. The van der Waals surface area contributed by atoms with E-state index < -0.39 is 29.9 Å². The Bertz CT molecular complexity index is 776. The third-order valence-corrected chi connectivity index (χ3v) is 5.58. The molecule has 9 heteroatoms. The van der Waals surface area contributed by atoms with Crippen LogP contribution in [0.1, 0.15) is 19.8 Å². The molecular weight excluding hydrogens is 360 g/mol. The molecule has 27 heavy (non-hydrogen) atoms. The number of amides is 2. The maximum Gasteiger partial charge on any atom is 0.414 e. The Balaban J connectivity index is 1.52. The van der Waals surface area contributed by atoms with E-state index in [9.17, 15) is 23.5 Å². The van der Waals surface area contributed by atoms with Crippen molar-refractivity contribution in [2.75, 3.05) is 36.0 Å². The van der Waals surface area contributed by atoms with Crippen LogP contribution in [-0.2, 0) is 9.53 Å². The van der Waals surface area contributed by atoms with Gasteiger partial charge in [-0.3, -0.25) is 9.69 Å². The number of anilines is 2. The smallest absolute Gasteiger partial charge is 0.414 e. The lowest BCUT2D eigenvalue weighted by molar-refractivity contribution is -0.119. The Morgan fingerprint density at radius 1 is 1.33 bits per heavy atom. The first-order chi connectivity index (χ1) is 12.8. The minimum absolute atomic E-state index is 0.0601. The zero-order chi connectivity index (χ0) is 19.3. The van der Waals surface area contributed by atoms with Crippen LogP contribution >= 0.6 is 0 Å². The van der Waals surface area contributed by atoms with Gasteiger partial charge in [-0.25, -0.2) is 13.6 Å². The number of hydrogen-bond acceptors (Lipinski definition) is 5. The summed E-state index contributed by atoms with van der Waals surface area (Å²) in [5.41, 5.74) is -0.346. The predicted octanol–water partition coefficient (Wildman–Crippen LogP) is 1.39. The molecule has 2 saturated heterocycles. The SMILES string of the molecule is CC(=O)NCC1CN(c2cc(F)c(N3CC(O)C4(CC4)C3)c(F)c2)C(=O)O1. The van der Waals surface area contributed by atoms with E-state index in [1.807, 2.05) is 0 Å². The zero-order valence-electron chi connectivity index (χ0n) is 14.9. The van der Waals surface area contributed by atoms with Gasteiger partial charge in [0.2, 0.25) is 5.91 Å². The van der Waals surface area contributed by atoms with Crippen LogP contribution in [0.4, 0.5) is 25.0 Å². The summed E-state index contributed by atoms with van der Waals surface area (Å²) in [6, 6.07) is 2.20. The summed E-state index contributed by atoms with van der Waals surface area (Å²) >= 11 is 0. The molecule has 3 aliphatic rings. The number of benzene rings is 1. The number of nitrogens with one attached hydrogen (secondary N) is 1. The van der Waals surface area contributed by atoms with E-state index >= 15 is 0 Å². The van der Waals surface area contributed by atoms with Crippen LogP contribution in [-0.4, -0.2) is 55.5 Å². The number of aliphatic hydroxyl groups is 1. The maximum absolute atomic E-state index is 14.7. The lowest BCUT2D eigenvalue weighted by Crippen LogP contribution is -2.33. The van der Waals surface area contributed by atoms with Gasteiger partial charge in [0, 0.05) is 37.6 Å². The van der Waals surface area contributed by atoms with E-state index in [0.29, 0.717) is 6.54 Å². The van der Waals surface area contributed by atoms with Gasteiger partial charge in [-0.05, 0) is 12.8 Å². The minimum Gasteiger partial charge on any atom is -0.442 e. The zero-order valence-corrected chi connectivity index (χ0v) is 14.9. The predicted molar refractivity (Wildman–Crippen MR) is 92.5 cm³/mol. The van der Waals surface area contributed by atoms with Crippen molar-refractivity contribution in [3.8, 4) is 0 Å². The molecule has 0 aromatic heterocycles. The van der Waals surface area contributed by atoms with E-state index in [0.717, 1.165) is 29.9 Å². The van der Waals surface area contributed by atoms with Gasteiger partial charge < -0.3 is 20.1 Å². The standard InChI is InChI=1S/C18H21F2N3O4/c1-10(24)21-6-12-7-23(17(26)27-12)11-4-13(19)16(14(20)5-11)22-8-15(25)18(9-22)2-3-18/h4-5,12,15,25H,2-3,6-9H2,1H3,(H,21,24). The van der Waals surface area contributed by atoms with Crippen LogP contribution in [0.15, 0.2) is 12.1 Å². The molecular formula is C18H21F2N3O4. The van der Waals surface area contributed by atoms with Crippen molar-refractivity contribution in [1.82, 2.24) is 5.32 Å². The number of nitrogens with zero attached hydrogens (tertiary/aromatic N) is 2. The third-order valence-electron chi connectivity index (χ3n) is 5.58. The van der Waals surface area contributed by atoms with Crippen LogP contribution < -0.4 is 15.1 Å². The number of aliphatic hydroxyl groups excluding tert-OH is 1. The average Bonchev–Trinajstić information content (AvgIpc) is 3.16. The van der Waals surface area contributed by atoms with Gasteiger partial charge in [-0.1, -0.05) is 0 Å². The number of halogens is 2. The first kappa shape index (κ1) is 18.0. The second kappa shape index (κ2) is 6.33. The van der Waals surface area contributed by atoms with Gasteiger partial charge in [-0.15, -0.1) is 0 Å². The largest absolute Gasteiger partial charge is 0.442 e. The van der Waals surface area contributed by atoms with Crippen LogP contribution in [0.2, 0.25) is 0 Å². The number of ether oxygens (including phenoxy) is 1. The first-order valence-corrected chi connectivity index (χ1v) is 8.94. The molecule has 1 aromatic carbocycles. The van der Waals surface area contributed by atoms with Gasteiger partial charge in [0.05, 0.1) is 24.9 Å². The van der Waals surface area contributed by atoms with Gasteiger partial charge in [0.25, 0.3) is 0 Å². The highest BCUT2D eigenvalue weighted by atomic mass is 19.1. The highest BCUT2D eigenvalue weighted by Crippen LogP contribution is 2.54. The normalized spacial score (nSPS) is 25.9. The summed E-state index contributed by atoms with van der Waals surface area (Å²) in [4.78, 5) is 25.7. The molecule has 0 bridgehead atoms. The van der Waals surface area contributed by atoms with Crippen molar-refractivity contribution in [3.05, 3.63) is 23.8 Å².